The Labute approximate surface area is 181 Å². The van der Waals surface area contributed by atoms with Crippen molar-refractivity contribution in [2.75, 3.05) is 13.1 Å². The monoisotopic (exact) mass is 417 g/mol. The zero-order chi connectivity index (χ0) is 22.4. The van der Waals surface area contributed by atoms with Gasteiger partial charge in [-0.3, -0.25) is 9.69 Å². The predicted molar refractivity (Wildman–Crippen MR) is 121 cm³/mol. The van der Waals surface area contributed by atoms with Gasteiger partial charge < -0.3 is 15.4 Å². The number of benzene rings is 1. The summed E-state index contributed by atoms with van der Waals surface area (Å²) in [5, 5.41) is 6.04. The first kappa shape index (κ1) is 24.2. The number of hydrogen-bond donors (Lipinski definition) is 2. The maximum Gasteiger partial charge on any atom is 0.407 e. The van der Waals surface area contributed by atoms with E-state index < -0.39 is 17.2 Å². The van der Waals surface area contributed by atoms with Crippen molar-refractivity contribution >= 4 is 12.0 Å². The van der Waals surface area contributed by atoms with Crippen LogP contribution in [0.1, 0.15) is 83.1 Å². The highest BCUT2D eigenvalue weighted by Gasteiger charge is 2.36. The molecule has 0 spiro atoms. The van der Waals surface area contributed by atoms with Crippen molar-refractivity contribution < 1.29 is 14.3 Å². The molecule has 0 heterocycles. The molecule has 2 rings (SSSR count). The van der Waals surface area contributed by atoms with Crippen LogP contribution in [0.25, 0.3) is 0 Å². The lowest BCUT2D eigenvalue weighted by molar-refractivity contribution is 0.0505. The molecule has 0 atom stereocenters. The molecule has 168 valence electrons. The molecule has 1 saturated carbocycles. The Balaban J connectivity index is 1.98. The predicted octanol–water partition coefficient (Wildman–Crippen LogP) is 4.48. The lowest BCUT2D eigenvalue weighted by atomic mass is 9.96. The molecule has 2 N–H and O–H groups in total. The molecular formula is C24H39N3O3. The van der Waals surface area contributed by atoms with Gasteiger partial charge in [-0.25, -0.2) is 4.79 Å². The van der Waals surface area contributed by atoms with Crippen molar-refractivity contribution in [1.82, 2.24) is 15.5 Å². The molecule has 0 aliphatic heterocycles. The van der Waals surface area contributed by atoms with Crippen LogP contribution in [0.15, 0.2) is 24.3 Å². The Kier molecular flexibility index (Phi) is 8.30. The summed E-state index contributed by atoms with van der Waals surface area (Å²) >= 11 is 0. The van der Waals surface area contributed by atoms with Crippen molar-refractivity contribution in [3.05, 3.63) is 35.4 Å². The number of amides is 2. The second kappa shape index (κ2) is 10.3. The van der Waals surface area contributed by atoms with Crippen molar-refractivity contribution in [2.24, 2.45) is 0 Å². The molecule has 0 radical (unpaired) electrons. The summed E-state index contributed by atoms with van der Waals surface area (Å²) < 4.78 is 5.34. The van der Waals surface area contributed by atoms with Gasteiger partial charge in [-0.15, -0.1) is 0 Å². The number of nitrogens with one attached hydrogen (secondary N) is 2. The molecule has 0 saturated heterocycles. The summed E-state index contributed by atoms with van der Waals surface area (Å²) in [6, 6.07) is 8.32. The summed E-state index contributed by atoms with van der Waals surface area (Å²) in [5.41, 5.74) is 0.892. The first-order chi connectivity index (χ1) is 14.0. The van der Waals surface area contributed by atoms with E-state index in [4.69, 9.17) is 4.74 Å². The summed E-state index contributed by atoms with van der Waals surface area (Å²) in [7, 11) is 0. The first-order valence-corrected chi connectivity index (χ1v) is 11.2. The van der Waals surface area contributed by atoms with Gasteiger partial charge in [-0.05, 0) is 71.7 Å². The van der Waals surface area contributed by atoms with Gasteiger partial charge >= 0.3 is 6.09 Å². The number of carbonyl (C=O) groups excluding carboxylic acids is 2. The Bertz CT molecular complexity index is 701. The van der Waals surface area contributed by atoms with Crippen LogP contribution in [0.2, 0.25) is 0 Å². The van der Waals surface area contributed by atoms with Crippen LogP contribution in [0.4, 0.5) is 4.79 Å². The zero-order valence-electron chi connectivity index (χ0n) is 19.5. The fraction of sp³-hybridized carbons (Fsp3) is 0.667. The molecule has 0 aromatic heterocycles. The van der Waals surface area contributed by atoms with Gasteiger partial charge in [0.15, 0.2) is 0 Å². The van der Waals surface area contributed by atoms with Crippen LogP contribution in [0.3, 0.4) is 0 Å². The van der Waals surface area contributed by atoms with Crippen LogP contribution >= 0.6 is 0 Å². The quantitative estimate of drug-likeness (QED) is 0.654. The van der Waals surface area contributed by atoms with E-state index in [2.05, 4.69) is 36.3 Å². The van der Waals surface area contributed by atoms with Crippen LogP contribution in [-0.4, -0.2) is 47.2 Å². The largest absolute Gasteiger partial charge is 0.444 e. The van der Waals surface area contributed by atoms with E-state index in [0.717, 1.165) is 38.8 Å². The highest BCUT2D eigenvalue weighted by atomic mass is 16.6. The van der Waals surface area contributed by atoms with Crippen LogP contribution in [0.5, 0.6) is 0 Å². The van der Waals surface area contributed by atoms with E-state index in [-0.39, 0.29) is 5.91 Å². The average molecular weight is 418 g/mol. The summed E-state index contributed by atoms with van der Waals surface area (Å²) in [4.78, 5) is 27.4. The van der Waals surface area contributed by atoms with Gasteiger partial charge in [-0.2, -0.15) is 0 Å². The number of ether oxygens (including phenoxy) is 1. The zero-order valence-corrected chi connectivity index (χ0v) is 19.5. The summed E-state index contributed by atoms with van der Waals surface area (Å²) in [6.45, 7) is 14.3. The fourth-order valence-corrected chi connectivity index (χ4v) is 3.92. The van der Waals surface area contributed by atoms with Gasteiger partial charge in [0.1, 0.15) is 5.60 Å². The maximum atomic E-state index is 12.9. The van der Waals surface area contributed by atoms with Gasteiger partial charge in [0.05, 0.1) is 5.54 Å². The van der Waals surface area contributed by atoms with Gasteiger partial charge in [-0.1, -0.05) is 31.9 Å². The third-order valence-electron chi connectivity index (χ3n) is 5.65. The molecular weight excluding hydrogens is 378 g/mol. The third-order valence-corrected chi connectivity index (χ3v) is 5.65. The average Bonchev–Trinajstić information content (AvgIpc) is 3.12. The van der Waals surface area contributed by atoms with Crippen LogP contribution in [0, 0.1) is 0 Å². The lowest BCUT2D eigenvalue weighted by Crippen LogP contribution is -2.54. The molecule has 1 aliphatic rings. The van der Waals surface area contributed by atoms with Crippen molar-refractivity contribution in [1.29, 1.82) is 0 Å². The number of rotatable bonds is 8. The van der Waals surface area contributed by atoms with Gasteiger partial charge in [0.25, 0.3) is 5.91 Å². The van der Waals surface area contributed by atoms with Gasteiger partial charge in [0.2, 0.25) is 0 Å². The molecule has 30 heavy (non-hydrogen) atoms. The molecule has 2 amide bonds. The highest BCUT2D eigenvalue weighted by Crippen LogP contribution is 2.29. The maximum absolute atomic E-state index is 12.9. The summed E-state index contributed by atoms with van der Waals surface area (Å²) in [5.74, 6) is -0.0920. The normalized spacial score (nSPS) is 16.0. The molecule has 1 fully saturated rings. The standard InChI is InChI=1S/C24H39N3O3/c1-7-27(18(2)3)16-19-10-12-20(13-11-19)21(28)26-24(14-8-9-15-24)17-25-22(29)30-23(4,5)6/h10-13,18H,7-9,14-17H2,1-6H3,(H,25,29)(H,26,28). The van der Waals surface area contributed by atoms with E-state index >= 15 is 0 Å². The number of hydrogen-bond acceptors (Lipinski definition) is 4. The van der Waals surface area contributed by atoms with E-state index in [9.17, 15) is 9.59 Å². The molecule has 1 aliphatic carbocycles. The van der Waals surface area contributed by atoms with Crippen molar-refractivity contribution in [2.45, 2.75) is 91.0 Å². The fourth-order valence-electron chi connectivity index (χ4n) is 3.92. The Morgan fingerprint density at radius 3 is 2.23 bits per heavy atom. The molecule has 6 nitrogen and oxygen atoms in total. The van der Waals surface area contributed by atoms with E-state index in [1.165, 1.54) is 5.56 Å². The van der Waals surface area contributed by atoms with Crippen LogP contribution in [-0.2, 0) is 11.3 Å². The molecule has 0 unspecified atom stereocenters. The summed E-state index contributed by atoms with van der Waals surface area (Å²) in [6.07, 6.45) is 3.34. The lowest BCUT2D eigenvalue weighted by Gasteiger charge is -2.31. The minimum atomic E-state index is -0.541. The van der Waals surface area contributed by atoms with E-state index in [1.54, 1.807) is 0 Å². The second-order valence-corrected chi connectivity index (χ2v) is 9.65. The highest BCUT2D eigenvalue weighted by molar-refractivity contribution is 5.94. The van der Waals surface area contributed by atoms with Gasteiger partial charge in [0, 0.05) is 24.7 Å². The number of nitrogens with zero attached hydrogens (tertiary/aromatic N) is 1. The van der Waals surface area contributed by atoms with E-state index in [1.807, 2.05) is 45.0 Å². The Morgan fingerprint density at radius 1 is 1.13 bits per heavy atom. The minimum absolute atomic E-state index is 0.0920. The number of alkyl carbamates (subject to hydrolysis) is 1. The number of carbonyl (C=O) groups is 2. The topological polar surface area (TPSA) is 70.7 Å². The van der Waals surface area contributed by atoms with Crippen molar-refractivity contribution in [3.8, 4) is 0 Å². The molecule has 1 aromatic rings. The molecule has 0 bridgehead atoms. The SMILES string of the molecule is CCN(Cc1ccc(C(=O)NC2(CNC(=O)OC(C)(C)C)CCCC2)cc1)C(C)C. The molecule has 6 heteroatoms. The minimum Gasteiger partial charge on any atom is -0.444 e. The smallest absolute Gasteiger partial charge is 0.407 e. The van der Waals surface area contributed by atoms with Crippen molar-refractivity contribution in [3.63, 3.8) is 0 Å². The Morgan fingerprint density at radius 2 is 1.73 bits per heavy atom. The third kappa shape index (κ3) is 7.31. The molecule has 1 aromatic carbocycles. The first-order valence-electron chi connectivity index (χ1n) is 11.2. The Hall–Kier alpha value is -2.08. The van der Waals surface area contributed by atoms with Crippen LogP contribution < -0.4 is 10.6 Å². The second-order valence-electron chi connectivity index (χ2n) is 9.65. The van der Waals surface area contributed by atoms with E-state index in [0.29, 0.717) is 18.2 Å².